The zero-order valence-electron chi connectivity index (χ0n) is 20.6. The van der Waals surface area contributed by atoms with Gasteiger partial charge in [-0.05, 0) is 49.1 Å². The van der Waals surface area contributed by atoms with Crippen LogP contribution in [0.5, 0.6) is 0 Å². The van der Waals surface area contributed by atoms with Gasteiger partial charge in [-0.1, -0.05) is 17.7 Å². The van der Waals surface area contributed by atoms with Gasteiger partial charge in [-0.15, -0.1) is 11.3 Å². The van der Waals surface area contributed by atoms with Crippen LogP contribution in [0.1, 0.15) is 22.5 Å². The molecule has 2 aromatic heterocycles. The Balaban J connectivity index is 1.47. The molecule has 202 valence electrons. The van der Waals surface area contributed by atoms with Crippen LogP contribution in [-0.4, -0.2) is 55.0 Å². The predicted molar refractivity (Wildman–Crippen MR) is 145 cm³/mol. The molecule has 2 N–H and O–H groups in total. The molecule has 1 aliphatic rings. The Morgan fingerprint density at radius 2 is 1.95 bits per heavy atom. The molecule has 1 fully saturated rings. The molecule has 0 saturated heterocycles. The minimum absolute atomic E-state index is 0.0536. The van der Waals surface area contributed by atoms with Gasteiger partial charge in [-0.2, -0.15) is 0 Å². The fourth-order valence-corrected chi connectivity index (χ4v) is 6.31. The lowest BCUT2D eigenvalue weighted by Crippen LogP contribution is -2.42. The van der Waals surface area contributed by atoms with E-state index in [1.54, 1.807) is 24.3 Å². The molecular formula is C25H26ClFN4O5S2. The van der Waals surface area contributed by atoms with Crippen LogP contribution in [0.4, 0.5) is 10.1 Å². The van der Waals surface area contributed by atoms with Crippen LogP contribution < -0.4 is 16.2 Å². The second kappa shape index (κ2) is 11.4. The maximum absolute atomic E-state index is 14.9. The first-order valence-corrected chi connectivity index (χ1v) is 14.7. The topological polar surface area (TPSA) is 118 Å². The summed E-state index contributed by atoms with van der Waals surface area (Å²) in [4.78, 5) is 38.0. The zero-order valence-corrected chi connectivity index (χ0v) is 22.9. The maximum atomic E-state index is 14.9. The number of sulfonamides is 1. The largest absolute Gasteiger partial charge is 0.351 e. The number of benzene rings is 1. The van der Waals surface area contributed by atoms with Crippen LogP contribution >= 0.6 is 22.9 Å². The highest BCUT2D eigenvalue weighted by Gasteiger charge is 2.42. The highest BCUT2D eigenvalue weighted by molar-refractivity contribution is 7.88. The first kappa shape index (κ1) is 28.0. The third-order valence-electron chi connectivity index (χ3n) is 6.65. The first-order chi connectivity index (χ1) is 17.9. The number of amides is 2. The Hall–Kier alpha value is -3.06. The number of nitrogens with zero attached hydrogens (tertiary/aromatic N) is 2. The lowest BCUT2D eigenvalue weighted by molar-refractivity contribution is -0.119. The summed E-state index contributed by atoms with van der Waals surface area (Å²) in [5, 5.41) is 5.40. The Labute approximate surface area is 228 Å². The quantitative estimate of drug-likeness (QED) is 0.424. The van der Waals surface area contributed by atoms with Gasteiger partial charge in [0.1, 0.15) is 5.82 Å². The lowest BCUT2D eigenvalue weighted by Gasteiger charge is -2.27. The number of carbonyl (C=O) groups excluding carboxylic acids is 2. The highest BCUT2D eigenvalue weighted by Crippen LogP contribution is 2.36. The van der Waals surface area contributed by atoms with Crippen molar-refractivity contribution in [3.8, 4) is 5.69 Å². The van der Waals surface area contributed by atoms with Crippen molar-refractivity contribution >= 4 is 50.5 Å². The van der Waals surface area contributed by atoms with E-state index < -0.39 is 33.7 Å². The standard InChI is InChI=1S/C25H26ClFN4O5S2/c1-30(38(2,35)36)20-12-15(11-16(20)14-28-25(34)21-8-9-22(26)37-21)24(33)29-19-7-6-17(13-18(19)27)31-10-4-3-5-23(31)32/h3-10,13,15-16,20H,11-12,14H2,1-2H3,(H,28,34)(H,29,33). The monoisotopic (exact) mass is 580 g/mol. The molecule has 1 aromatic carbocycles. The molecule has 0 radical (unpaired) electrons. The van der Waals surface area contributed by atoms with Gasteiger partial charge < -0.3 is 10.6 Å². The Morgan fingerprint density at radius 1 is 1.18 bits per heavy atom. The van der Waals surface area contributed by atoms with Gasteiger partial charge in [0.25, 0.3) is 11.5 Å². The van der Waals surface area contributed by atoms with E-state index in [9.17, 15) is 27.2 Å². The molecule has 2 amide bonds. The van der Waals surface area contributed by atoms with E-state index in [-0.39, 0.29) is 36.0 Å². The van der Waals surface area contributed by atoms with Gasteiger partial charge in [0.2, 0.25) is 15.9 Å². The Bertz CT molecular complexity index is 1520. The Morgan fingerprint density at radius 3 is 2.58 bits per heavy atom. The van der Waals surface area contributed by atoms with Crippen LogP contribution in [-0.2, 0) is 14.8 Å². The lowest BCUT2D eigenvalue weighted by atomic mass is 10.0. The number of anilines is 1. The molecule has 9 nitrogen and oxygen atoms in total. The fraction of sp³-hybridized carbons (Fsp3) is 0.320. The molecule has 0 spiro atoms. The van der Waals surface area contributed by atoms with Gasteiger partial charge >= 0.3 is 0 Å². The molecule has 3 aromatic rings. The molecular weight excluding hydrogens is 555 g/mol. The molecule has 4 rings (SSSR count). The number of carbonyl (C=O) groups is 2. The molecule has 0 bridgehead atoms. The van der Waals surface area contributed by atoms with Crippen molar-refractivity contribution in [1.29, 1.82) is 0 Å². The molecule has 0 aliphatic heterocycles. The molecule has 1 aliphatic carbocycles. The highest BCUT2D eigenvalue weighted by atomic mass is 35.5. The molecule has 2 heterocycles. The summed E-state index contributed by atoms with van der Waals surface area (Å²) < 4.78 is 42.3. The number of aromatic nitrogens is 1. The number of halogens is 2. The van der Waals surface area contributed by atoms with Crippen molar-refractivity contribution in [2.45, 2.75) is 18.9 Å². The number of hydrogen-bond donors (Lipinski definition) is 2. The van der Waals surface area contributed by atoms with Gasteiger partial charge in [-0.25, -0.2) is 17.1 Å². The van der Waals surface area contributed by atoms with E-state index >= 15 is 0 Å². The van der Waals surface area contributed by atoms with Crippen LogP contribution in [0.25, 0.3) is 5.69 Å². The van der Waals surface area contributed by atoms with Crippen molar-refractivity contribution in [3.05, 3.63) is 80.1 Å². The van der Waals surface area contributed by atoms with Gasteiger partial charge in [0, 0.05) is 43.9 Å². The number of pyridine rings is 1. The average Bonchev–Trinajstić information content (AvgIpc) is 3.49. The van der Waals surface area contributed by atoms with Crippen LogP contribution in [0.15, 0.2) is 59.5 Å². The Kier molecular flexibility index (Phi) is 8.36. The van der Waals surface area contributed by atoms with Crippen LogP contribution in [0, 0.1) is 17.7 Å². The van der Waals surface area contributed by atoms with E-state index in [1.165, 1.54) is 40.3 Å². The van der Waals surface area contributed by atoms with E-state index in [1.807, 2.05) is 0 Å². The summed E-state index contributed by atoms with van der Waals surface area (Å²) in [5.74, 6) is -2.47. The van der Waals surface area contributed by atoms with Crippen molar-refractivity contribution in [1.82, 2.24) is 14.2 Å². The summed E-state index contributed by atoms with van der Waals surface area (Å²) >= 11 is 7.03. The van der Waals surface area contributed by atoms with E-state index in [2.05, 4.69) is 10.6 Å². The predicted octanol–water partition coefficient (Wildman–Crippen LogP) is 3.35. The van der Waals surface area contributed by atoms with Crippen molar-refractivity contribution < 1.29 is 22.4 Å². The molecule has 1 saturated carbocycles. The minimum atomic E-state index is -3.57. The fourth-order valence-electron chi connectivity index (χ4n) is 4.61. The molecule has 13 heteroatoms. The maximum Gasteiger partial charge on any atom is 0.261 e. The van der Waals surface area contributed by atoms with E-state index in [4.69, 9.17) is 11.6 Å². The smallest absolute Gasteiger partial charge is 0.261 e. The number of nitrogens with one attached hydrogen (secondary N) is 2. The summed E-state index contributed by atoms with van der Waals surface area (Å²) in [6, 6.07) is 11.3. The van der Waals surface area contributed by atoms with Crippen molar-refractivity contribution in [2.24, 2.45) is 11.8 Å². The van der Waals surface area contributed by atoms with Crippen LogP contribution in [0.3, 0.4) is 0 Å². The van der Waals surface area contributed by atoms with E-state index in [0.717, 1.165) is 23.7 Å². The molecule has 3 atom stereocenters. The van der Waals surface area contributed by atoms with E-state index in [0.29, 0.717) is 21.3 Å². The number of rotatable bonds is 8. The first-order valence-electron chi connectivity index (χ1n) is 11.7. The van der Waals surface area contributed by atoms with Crippen LogP contribution in [0.2, 0.25) is 4.34 Å². The van der Waals surface area contributed by atoms with Crippen molar-refractivity contribution in [3.63, 3.8) is 0 Å². The number of thiophene rings is 1. The van der Waals surface area contributed by atoms with Gasteiger partial charge in [0.05, 0.1) is 26.8 Å². The zero-order chi connectivity index (χ0) is 27.6. The minimum Gasteiger partial charge on any atom is -0.351 e. The third kappa shape index (κ3) is 6.32. The third-order valence-corrected chi connectivity index (χ3v) is 9.20. The second-order valence-corrected chi connectivity index (χ2v) is 12.9. The summed E-state index contributed by atoms with van der Waals surface area (Å²) in [6.45, 7) is 0.150. The van der Waals surface area contributed by atoms with Gasteiger partial charge in [-0.3, -0.25) is 19.0 Å². The summed E-state index contributed by atoms with van der Waals surface area (Å²) in [7, 11) is -2.13. The van der Waals surface area contributed by atoms with Gasteiger partial charge in [0.15, 0.2) is 0 Å². The summed E-state index contributed by atoms with van der Waals surface area (Å²) in [6.07, 6.45) is 3.10. The molecule has 38 heavy (non-hydrogen) atoms. The second-order valence-electron chi connectivity index (χ2n) is 9.15. The number of hydrogen-bond acceptors (Lipinski definition) is 6. The van der Waals surface area contributed by atoms with Crippen molar-refractivity contribution in [2.75, 3.05) is 25.2 Å². The normalized spacial score (nSPS) is 19.4. The average molecular weight is 581 g/mol. The SMILES string of the molecule is CN(C1CC(C(=O)Nc2ccc(-n3ccccc3=O)cc2F)CC1CNC(=O)c1ccc(Cl)s1)S(C)(=O)=O. The summed E-state index contributed by atoms with van der Waals surface area (Å²) in [5.41, 5.74) is -0.0669. The molecule has 3 unspecified atom stereocenters.